The summed E-state index contributed by atoms with van der Waals surface area (Å²) in [6.07, 6.45) is 4.18. The summed E-state index contributed by atoms with van der Waals surface area (Å²) in [5.41, 5.74) is 0. The van der Waals surface area contributed by atoms with E-state index in [4.69, 9.17) is 9.26 Å². The molecular formula is C14H23N3O3. The fourth-order valence-corrected chi connectivity index (χ4v) is 2.13. The van der Waals surface area contributed by atoms with Gasteiger partial charge in [0, 0.05) is 31.9 Å². The summed E-state index contributed by atoms with van der Waals surface area (Å²) < 4.78 is 10.6. The smallest absolute Gasteiger partial charge is 0.226 e. The van der Waals surface area contributed by atoms with E-state index in [1.54, 1.807) is 0 Å². The molecule has 1 fully saturated rings. The maximum atomic E-state index is 11.7. The van der Waals surface area contributed by atoms with E-state index in [2.05, 4.69) is 15.5 Å². The molecule has 2 heterocycles. The van der Waals surface area contributed by atoms with Gasteiger partial charge in [0.05, 0.1) is 6.10 Å². The number of rotatable bonds is 7. The minimum atomic E-state index is 0.0594. The van der Waals surface area contributed by atoms with E-state index in [1.165, 1.54) is 0 Å². The first-order valence-corrected chi connectivity index (χ1v) is 7.36. The van der Waals surface area contributed by atoms with Crippen molar-refractivity contribution in [3.05, 3.63) is 11.7 Å². The van der Waals surface area contributed by atoms with Crippen LogP contribution < -0.4 is 5.32 Å². The highest BCUT2D eigenvalue weighted by atomic mass is 16.5. The number of nitrogens with zero attached hydrogens (tertiary/aromatic N) is 2. The van der Waals surface area contributed by atoms with Crippen LogP contribution in [-0.4, -0.2) is 35.3 Å². The van der Waals surface area contributed by atoms with Gasteiger partial charge in [-0.15, -0.1) is 0 Å². The van der Waals surface area contributed by atoms with Gasteiger partial charge in [-0.2, -0.15) is 4.98 Å². The van der Waals surface area contributed by atoms with Crippen LogP contribution in [0.25, 0.3) is 0 Å². The van der Waals surface area contributed by atoms with E-state index in [1.807, 2.05) is 13.8 Å². The van der Waals surface area contributed by atoms with Gasteiger partial charge in [-0.25, -0.2) is 0 Å². The van der Waals surface area contributed by atoms with Crippen LogP contribution in [0, 0.1) is 0 Å². The van der Waals surface area contributed by atoms with Crippen molar-refractivity contribution >= 4 is 5.91 Å². The van der Waals surface area contributed by atoms with Crippen molar-refractivity contribution < 1.29 is 14.1 Å². The van der Waals surface area contributed by atoms with Gasteiger partial charge in [0.25, 0.3) is 0 Å². The summed E-state index contributed by atoms with van der Waals surface area (Å²) in [4.78, 5) is 16.0. The highest BCUT2D eigenvalue weighted by Gasteiger charge is 2.16. The van der Waals surface area contributed by atoms with E-state index in [-0.39, 0.29) is 17.9 Å². The molecule has 1 N–H and O–H groups in total. The molecule has 1 aliphatic rings. The second-order valence-electron chi connectivity index (χ2n) is 5.49. The first-order valence-electron chi connectivity index (χ1n) is 7.36. The standard InChI is InChI=1S/C14H23N3O3/c1-10(2)14-16-13(20-17-14)7-3-6-12(18)15-9-11-5-4-8-19-11/h10-11H,3-9H2,1-2H3,(H,15,18)/t11-/m0/s1. The molecule has 6 nitrogen and oxygen atoms in total. The molecule has 1 amide bonds. The second kappa shape index (κ2) is 7.38. The number of amides is 1. The minimum Gasteiger partial charge on any atom is -0.376 e. The van der Waals surface area contributed by atoms with Crippen LogP contribution in [0.4, 0.5) is 0 Å². The molecule has 0 spiro atoms. The number of nitrogens with one attached hydrogen (secondary N) is 1. The van der Waals surface area contributed by atoms with Gasteiger partial charge in [-0.3, -0.25) is 4.79 Å². The number of hydrogen-bond acceptors (Lipinski definition) is 5. The van der Waals surface area contributed by atoms with Crippen molar-refractivity contribution in [2.24, 2.45) is 0 Å². The van der Waals surface area contributed by atoms with Crippen LogP contribution in [0.15, 0.2) is 4.52 Å². The van der Waals surface area contributed by atoms with Crippen molar-refractivity contribution in [1.29, 1.82) is 0 Å². The molecule has 0 bridgehead atoms. The Morgan fingerprint density at radius 2 is 2.35 bits per heavy atom. The van der Waals surface area contributed by atoms with Crippen LogP contribution in [0.5, 0.6) is 0 Å². The molecule has 1 atom stereocenters. The number of aryl methyl sites for hydroxylation is 1. The zero-order valence-corrected chi connectivity index (χ0v) is 12.2. The number of hydrogen-bond donors (Lipinski definition) is 1. The molecule has 0 unspecified atom stereocenters. The molecule has 1 aromatic heterocycles. The lowest BCUT2D eigenvalue weighted by Gasteiger charge is -2.10. The number of carbonyl (C=O) groups is 1. The summed E-state index contributed by atoms with van der Waals surface area (Å²) in [6.45, 7) is 5.48. The van der Waals surface area contributed by atoms with E-state index in [0.29, 0.717) is 25.3 Å². The van der Waals surface area contributed by atoms with Crippen molar-refractivity contribution in [1.82, 2.24) is 15.5 Å². The Labute approximate surface area is 119 Å². The van der Waals surface area contributed by atoms with Crippen molar-refractivity contribution in [2.45, 2.75) is 58.0 Å². The zero-order valence-electron chi connectivity index (χ0n) is 12.2. The van der Waals surface area contributed by atoms with Gasteiger partial charge in [0.15, 0.2) is 5.82 Å². The highest BCUT2D eigenvalue weighted by Crippen LogP contribution is 2.12. The normalized spacial score (nSPS) is 18.6. The van der Waals surface area contributed by atoms with Crippen molar-refractivity contribution in [2.75, 3.05) is 13.2 Å². The fraction of sp³-hybridized carbons (Fsp3) is 0.786. The van der Waals surface area contributed by atoms with E-state index in [9.17, 15) is 4.79 Å². The third-order valence-electron chi connectivity index (χ3n) is 3.35. The lowest BCUT2D eigenvalue weighted by Crippen LogP contribution is -2.31. The van der Waals surface area contributed by atoms with Gasteiger partial charge in [0.2, 0.25) is 11.8 Å². The van der Waals surface area contributed by atoms with Crippen LogP contribution in [-0.2, 0) is 16.0 Å². The summed E-state index contributed by atoms with van der Waals surface area (Å²) in [5, 5.41) is 6.80. The lowest BCUT2D eigenvalue weighted by atomic mass is 10.2. The molecule has 0 radical (unpaired) electrons. The SMILES string of the molecule is CC(C)c1noc(CCCC(=O)NC[C@@H]2CCCO2)n1. The third kappa shape index (κ3) is 4.59. The number of aromatic nitrogens is 2. The Hall–Kier alpha value is -1.43. The molecule has 6 heteroatoms. The quantitative estimate of drug-likeness (QED) is 0.824. The molecule has 2 rings (SSSR count). The maximum absolute atomic E-state index is 11.7. The van der Waals surface area contributed by atoms with E-state index < -0.39 is 0 Å². The topological polar surface area (TPSA) is 77.2 Å². The molecule has 0 saturated carbocycles. The monoisotopic (exact) mass is 281 g/mol. The van der Waals surface area contributed by atoms with Crippen LogP contribution in [0.3, 0.4) is 0 Å². The summed E-state index contributed by atoms with van der Waals surface area (Å²) >= 11 is 0. The molecule has 1 aromatic rings. The molecule has 112 valence electrons. The summed E-state index contributed by atoms with van der Waals surface area (Å²) in [6, 6.07) is 0. The molecule has 0 aliphatic carbocycles. The Balaban J connectivity index is 1.60. The predicted octanol–water partition coefficient (Wildman–Crippen LogP) is 1.81. The Morgan fingerprint density at radius 3 is 3.00 bits per heavy atom. The second-order valence-corrected chi connectivity index (χ2v) is 5.49. The number of carbonyl (C=O) groups excluding carboxylic acids is 1. The lowest BCUT2D eigenvalue weighted by molar-refractivity contribution is -0.121. The van der Waals surface area contributed by atoms with Gasteiger partial charge < -0.3 is 14.6 Å². The number of ether oxygens (including phenoxy) is 1. The molecule has 1 aliphatic heterocycles. The van der Waals surface area contributed by atoms with Crippen LogP contribution >= 0.6 is 0 Å². The van der Waals surface area contributed by atoms with E-state index >= 15 is 0 Å². The average molecular weight is 281 g/mol. The molecular weight excluding hydrogens is 258 g/mol. The third-order valence-corrected chi connectivity index (χ3v) is 3.35. The van der Waals surface area contributed by atoms with Gasteiger partial charge in [-0.1, -0.05) is 19.0 Å². The Kier molecular flexibility index (Phi) is 5.52. The fourth-order valence-electron chi connectivity index (χ4n) is 2.13. The van der Waals surface area contributed by atoms with Crippen molar-refractivity contribution in [3.8, 4) is 0 Å². The largest absolute Gasteiger partial charge is 0.376 e. The summed E-state index contributed by atoms with van der Waals surface area (Å²) in [5.74, 6) is 1.66. The van der Waals surface area contributed by atoms with Crippen LogP contribution in [0.2, 0.25) is 0 Å². The summed E-state index contributed by atoms with van der Waals surface area (Å²) in [7, 11) is 0. The van der Waals surface area contributed by atoms with Gasteiger partial charge in [-0.05, 0) is 19.3 Å². The molecule has 20 heavy (non-hydrogen) atoms. The minimum absolute atomic E-state index is 0.0594. The first-order chi connectivity index (χ1) is 9.65. The predicted molar refractivity (Wildman–Crippen MR) is 73.3 cm³/mol. The highest BCUT2D eigenvalue weighted by molar-refractivity contribution is 5.75. The zero-order chi connectivity index (χ0) is 14.4. The van der Waals surface area contributed by atoms with Gasteiger partial charge >= 0.3 is 0 Å². The maximum Gasteiger partial charge on any atom is 0.226 e. The molecule has 0 aromatic carbocycles. The van der Waals surface area contributed by atoms with E-state index in [0.717, 1.165) is 31.7 Å². The van der Waals surface area contributed by atoms with Crippen LogP contribution in [0.1, 0.15) is 57.2 Å². The first kappa shape index (κ1) is 15.0. The average Bonchev–Trinajstić information content (AvgIpc) is 3.07. The molecule has 1 saturated heterocycles. The Bertz CT molecular complexity index is 425. The van der Waals surface area contributed by atoms with Gasteiger partial charge in [0.1, 0.15) is 0 Å². The van der Waals surface area contributed by atoms with Crippen molar-refractivity contribution in [3.63, 3.8) is 0 Å². The Morgan fingerprint density at radius 1 is 1.50 bits per heavy atom.